The summed E-state index contributed by atoms with van der Waals surface area (Å²) >= 11 is 0. The minimum atomic E-state index is -0.992. The van der Waals surface area contributed by atoms with Crippen molar-refractivity contribution >= 4 is 6.09 Å². The molecule has 2 atom stereocenters. The van der Waals surface area contributed by atoms with Crippen LogP contribution in [0.4, 0.5) is 4.79 Å². The van der Waals surface area contributed by atoms with Crippen molar-refractivity contribution in [3.63, 3.8) is 0 Å². The number of hydrogen-bond acceptors (Lipinski definition) is 3. The van der Waals surface area contributed by atoms with Gasteiger partial charge in [-0.1, -0.05) is 30.3 Å². The summed E-state index contributed by atoms with van der Waals surface area (Å²) in [7, 11) is 0. The molecule has 5 heteroatoms. The van der Waals surface area contributed by atoms with E-state index in [0.29, 0.717) is 18.8 Å². The second kappa shape index (κ2) is 5.65. The van der Waals surface area contributed by atoms with Gasteiger partial charge in [0.05, 0.1) is 12.2 Å². The second-order valence-electron chi connectivity index (χ2n) is 4.02. The van der Waals surface area contributed by atoms with Gasteiger partial charge in [-0.25, -0.2) is 4.79 Å². The molecule has 5 nitrogen and oxygen atoms in total. The Hall–Kier alpha value is -1.59. The predicted molar refractivity (Wildman–Crippen MR) is 62.8 cm³/mol. The quantitative estimate of drug-likeness (QED) is 0.664. The summed E-state index contributed by atoms with van der Waals surface area (Å²) in [6.07, 6.45) is 0.212. The lowest BCUT2D eigenvalue weighted by atomic mass is 10.2. The number of fused-ring (bicyclic) bond motifs is 1. The fraction of sp³-hybridized carbons (Fsp3) is 0.417. The van der Waals surface area contributed by atoms with Crippen LogP contribution < -0.4 is 10.6 Å². The summed E-state index contributed by atoms with van der Waals surface area (Å²) in [5.41, 5.74) is 0.968. The van der Waals surface area contributed by atoms with E-state index in [1.807, 2.05) is 30.3 Å². The molecule has 1 aromatic carbocycles. The Bertz CT molecular complexity index is 361. The van der Waals surface area contributed by atoms with Gasteiger partial charge in [-0.15, -0.1) is 0 Å². The van der Waals surface area contributed by atoms with Crippen LogP contribution in [0.5, 0.6) is 0 Å². The fourth-order valence-corrected chi connectivity index (χ4v) is 1.68. The number of amides is 1. The minimum Gasteiger partial charge on any atom is -0.465 e. The van der Waals surface area contributed by atoms with Gasteiger partial charge in [0.15, 0.2) is 0 Å². The number of ether oxygens (including phenoxy) is 1. The first-order valence-electron chi connectivity index (χ1n) is 5.62. The highest BCUT2D eigenvalue weighted by Crippen LogP contribution is 2.24. The van der Waals surface area contributed by atoms with Gasteiger partial charge >= 0.3 is 6.09 Å². The van der Waals surface area contributed by atoms with Crippen LogP contribution in [0.3, 0.4) is 0 Å². The van der Waals surface area contributed by atoms with Crippen molar-refractivity contribution in [1.82, 2.24) is 10.6 Å². The lowest BCUT2D eigenvalue weighted by Crippen LogP contribution is -2.19. The zero-order chi connectivity index (χ0) is 12.1. The Morgan fingerprint density at radius 1 is 1.35 bits per heavy atom. The number of carbonyl (C=O) groups is 1. The van der Waals surface area contributed by atoms with Crippen molar-refractivity contribution < 1.29 is 14.6 Å². The lowest BCUT2D eigenvalue weighted by Gasteiger charge is -1.98. The van der Waals surface area contributed by atoms with Crippen LogP contribution in [0.15, 0.2) is 30.3 Å². The number of rotatable bonds is 2. The molecule has 92 valence electrons. The van der Waals surface area contributed by atoms with Crippen molar-refractivity contribution in [2.75, 3.05) is 13.1 Å². The normalized spacial score (nSPS) is 24.2. The van der Waals surface area contributed by atoms with Crippen LogP contribution in [-0.2, 0) is 11.3 Å². The van der Waals surface area contributed by atoms with E-state index in [9.17, 15) is 4.79 Å². The lowest BCUT2D eigenvalue weighted by molar-refractivity contribution is 0.194. The van der Waals surface area contributed by atoms with Gasteiger partial charge in [0.1, 0.15) is 0 Å². The van der Waals surface area contributed by atoms with Gasteiger partial charge in [-0.3, -0.25) is 0 Å². The molecule has 3 N–H and O–H groups in total. The molecule has 1 amide bonds. The van der Waals surface area contributed by atoms with Gasteiger partial charge in [0, 0.05) is 19.6 Å². The van der Waals surface area contributed by atoms with Crippen molar-refractivity contribution in [3.05, 3.63) is 35.9 Å². The molecule has 0 bridgehead atoms. The molecule has 0 aliphatic carbocycles. The van der Waals surface area contributed by atoms with E-state index in [0.717, 1.165) is 18.7 Å². The van der Waals surface area contributed by atoms with Crippen LogP contribution in [0.2, 0.25) is 0 Å². The molecule has 3 rings (SSSR count). The van der Waals surface area contributed by atoms with E-state index in [4.69, 9.17) is 9.84 Å². The average Bonchev–Trinajstić information content (AvgIpc) is 2.96. The number of benzene rings is 1. The van der Waals surface area contributed by atoms with Crippen molar-refractivity contribution in [2.24, 2.45) is 0 Å². The Morgan fingerprint density at radius 2 is 2.00 bits per heavy atom. The highest BCUT2D eigenvalue weighted by molar-refractivity contribution is 5.64. The zero-order valence-electron chi connectivity index (χ0n) is 9.43. The summed E-state index contributed by atoms with van der Waals surface area (Å²) in [5.74, 6) is 0. The summed E-state index contributed by atoms with van der Waals surface area (Å²) in [4.78, 5) is 10.1. The van der Waals surface area contributed by atoms with Gasteiger partial charge in [0.2, 0.25) is 0 Å². The molecule has 0 saturated carbocycles. The SMILES string of the molecule is C1NCC2OC12.O=C(O)NCc1ccccc1. The van der Waals surface area contributed by atoms with Gasteiger partial charge in [-0.2, -0.15) is 0 Å². The molecule has 1 aromatic rings. The fourth-order valence-electron chi connectivity index (χ4n) is 1.68. The highest BCUT2D eigenvalue weighted by atomic mass is 16.6. The van der Waals surface area contributed by atoms with Crippen molar-refractivity contribution in [3.8, 4) is 0 Å². The molecule has 2 fully saturated rings. The monoisotopic (exact) mass is 236 g/mol. The standard InChI is InChI=1S/C8H9NO2.C4H7NO/c10-8(11)9-6-7-4-2-1-3-5-7;1-3-4(6-3)2-5-1/h1-5,9H,6H2,(H,10,11);3-5H,1-2H2. The molecule has 0 aromatic heterocycles. The van der Waals surface area contributed by atoms with E-state index in [1.165, 1.54) is 0 Å². The molecule has 2 saturated heterocycles. The Labute approximate surface area is 99.8 Å². The van der Waals surface area contributed by atoms with Gasteiger partial charge in [0.25, 0.3) is 0 Å². The van der Waals surface area contributed by atoms with Crippen LogP contribution in [0.1, 0.15) is 5.56 Å². The van der Waals surface area contributed by atoms with E-state index in [-0.39, 0.29) is 0 Å². The Kier molecular flexibility index (Phi) is 3.95. The van der Waals surface area contributed by atoms with E-state index in [1.54, 1.807) is 0 Å². The number of nitrogens with one attached hydrogen (secondary N) is 2. The van der Waals surface area contributed by atoms with Gasteiger partial charge < -0.3 is 20.5 Å². The predicted octanol–water partition coefficient (Wildman–Crippen LogP) is 0.811. The first-order valence-corrected chi connectivity index (χ1v) is 5.62. The minimum absolute atomic E-state index is 0.371. The number of carboxylic acid groups (broad SMARTS) is 1. The Morgan fingerprint density at radius 3 is 2.41 bits per heavy atom. The summed E-state index contributed by atoms with van der Waals surface area (Å²) < 4.78 is 5.09. The molecular formula is C12H16N2O3. The molecule has 0 radical (unpaired) electrons. The molecule has 2 unspecified atom stereocenters. The number of morpholine rings is 1. The molecule has 2 heterocycles. The summed E-state index contributed by atoms with van der Waals surface area (Å²) in [6, 6.07) is 9.38. The zero-order valence-corrected chi connectivity index (χ0v) is 9.43. The number of hydrogen-bond donors (Lipinski definition) is 3. The largest absolute Gasteiger partial charge is 0.465 e. The van der Waals surface area contributed by atoms with Crippen LogP contribution >= 0.6 is 0 Å². The van der Waals surface area contributed by atoms with Crippen molar-refractivity contribution in [2.45, 2.75) is 18.8 Å². The molecule has 2 aliphatic rings. The van der Waals surface area contributed by atoms with E-state index in [2.05, 4.69) is 10.6 Å². The second-order valence-corrected chi connectivity index (χ2v) is 4.02. The Balaban J connectivity index is 0.000000148. The molecule has 2 aliphatic heterocycles. The molecule has 0 spiro atoms. The molecular weight excluding hydrogens is 220 g/mol. The maximum atomic E-state index is 10.1. The first-order chi connectivity index (χ1) is 8.25. The molecule has 17 heavy (non-hydrogen) atoms. The average molecular weight is 236 g/mol. The van der Waals surface area contributed by atoms with E-state index >= 15 is 0 Å². The van der Waals surface area contributed by atoms with E-state index < -0.39 is 6.09 Å². The van der Waals surface area contributed by atoms with Crippen LogP contribution in [0, 0.1) is 0 Å². The third-order valence-corrected chi connectivity index (χ3v) is 2.67. The van der Waals surface area contributed by atoms with Crippen LogP contribution in [0.25, 0.3) is 0 Å². The maximum absolute atomic E-state index is 10.1. The maximum Gasteiger partial charge on any atom is 0.404 e. The van der Waals surface area contributed by atoms with Crippen LogP contribution in [-0.4, -0.2) is 36.5 Å². The van der Waals surface area contributed by atoms with Crippen molar-refractivity contribution in [1.29, 1.82) is 0 Å². The first kappa shape index (κ1) is 11.9. The third-order valence-electron chi connectivity index (χ3n) is 2.67. The summed E-state index contributed by atoms with van der Waals surface area (Å²) in [5, 5.41) is 13.7. The highest BCUT2D eigenvalue weighted by Gasteiger charge is 2.42. The number of epoxide rings is 1. The van der Waals surface area contributed by atoms with Gasteiger partial charge in [-0.05, 0) is 5.56 Å². The smallest absolute Gasteiger partial charge is 0.404 e. The third kappa shape index (κ3) is 4.05. The summed E-state index contributed by atoms with van der Waals surface area (Å²) in [6.45, 7) is 2.55. The topological polar surface area (TPSA) is 73.9 Å².